The number of amides is 2. The van der Waals surface area contributed by atoms with Gasteiger partial charge in [0.1, 0.15) is 0 Å². The van der Waals surface area contributed by atoms with Crippen molar-refractivity contribution in [3.05, 3.63) is 12.3 Å². The van der Waals surface area contributed by atoms with E-state index in [9.17, 15) is 9.59 Å². The molecule has 0 aliphatic carbocycles. The Bertz CT molecular complexity index is 131. The van der Waals surface area contributed by atoms with Crippen molar-refractivity contribution >= 4 is 12.3 Å². The number of hydrogen-bond donors (Lipinski definition) is 2. The Balaban J connectivity index is 3.49. The first kappa shape index (κ1) is 7.68. The topological polar surface area (TPSA) is 58.2 Å². The Morgan fingerprint density at radius 3 is 2.67 bits per heavy atom. The van der Waals surface area contributed by atoms with Crippen molar-refractivity contribution in [2.45, 2.75) is 0 Å². The van der Waals surface area contributed by atoms with E-state index in [2.05, 4.69) is 5.32 Å². The zero-order valence-corrected chi connectivity index (χ0v) is 5.05. The lowest BCUT2D eigenvalue weighted by molar-refractivity contribution is -0.121. The number of hydrogen-bond acceptors (Lipinski definition) is 3. The van der Waals surface area contributed by atoms with E-state index >= 15 is 0 Å². The van der Waals surface area contributed by atoms with Crippen molar-refractivity contribution in [2.75, 3.05) is 7.05 Å². The van der Waals surface area contributed by atoms with Crippen LogP contribution in [0.2, 0.25) is 0 Å². The van der Waals surface area contributed by atoms with Crippen LogP contribution in [0.25, 0.3) is 0 Å². The summed E-state index contributed by atoms with van der Waals surface area (Å²) >= 11 is 0. The lowest BCUT2D eigenvalue weighted by Gasteiger charge is -1.86. The van der Waals surface area contributed by atoms with E-state index in [4.69, 9.17) is 0 Å². The van der Waals surface area contributed by atoms with Gasteiger partial charge >= 0.3 is 0 Å². The van der Waals surface area contributed by atoms with Crippen LogP contribution in [0.15, 0.2) is 12.3 Å². The number of carbonyl (C=O) groups is 2. The highest BCUT2D eigenvalue weighted by molar-refractivity contribution is 5.94. The van der Waals surface area contributed by atoms with Crippen LogP contribution in [0, 0.1) is 0 Å². The molecule has 4 nitrogen and oxygen atoms in total. The summed E-state index contributed by atoms with van der Waals surface area (Å²) in [5.41, 5.74) is 0. The molecule has 0 heterocycles. The zero-order chi connectivity index (χ0) is 7.11. The minimum atomic E-state index is -0.431. The Hall–Kier alpha value is -1.32. The number of rotatable bonds is 3. The molecule has 4 heteroatoms. The van der Waals surface area contributed by atoms with Gasteiger partial charge in [-0.25, -0.2) is 0 Å². The smallest absolute Gasteiger partial charge is 0.251 e. The molecule has 0 saturated carbocycles. The van der Waals surface area contributed by atoms with E-state index in [1.54, 1.807) is 7.05 Å². The van der Waals surface area contributed by atoms with Gasteiger partial charge in [0.05, 0.1) is 0 Å². The maximum Gasteiger partial charge on any atom is 0.251 e. The Labute approximate surface area is 52.9 Å². The summed E-state index contributed by atoms with van der Waals surface area (Å²) in [6, 6.07) is 0. The summed E-state index contributed by atoms with van der Waals surface area (Å²) in [5, 5.41) is 4.53. The molecule has 0 aromatic carbocycles. The highest BCUT2D eigenvalue weighted by atomic mass is 16.2. The van der Waals surface area contributed by atoms with Crippen molar-refractivity contribution in [1.29, 1.82) is 0 Å². The second-order valence-corrected chi connectivity index (χ2v) is 1.25. The molecule has 9 heavy (non-hydrogen) atoms. The molecule has 0 aromatic rings. The van der Waals surface area contributed by atoms with E-state index in [0.29, 0.717) is 6.41 Å². The summed E-state index contributed by atoms with van der Waals surface area (Å²) in [5.74, 6) is -0.431. The molecule has 0 atom stereocenters. The Morgan fingerprint density at radius 1 is 1.56 bits per heavy atom. The van der Waals surface area contributed by atoms with Crippen LogP contribution in [0.5, 0.6) is 0 Å². The summed E-state index contributed by atoms with van der Waals surface area (Å²) < 4.78 is 0. The van der Waals surface area contributed by atoms with E-state index in [0.717, 1.165) is 0 Å². The van der Waals surface area contributed by atoms with Gasteiger partial charge < -0.3 is 5.32 Å². The normalized spacial score (nSPS) is 9.00. The summed E-state index contributed by atoms with van der Waals surface area (Å²) in [4.78, 5) is 19.9. The largest absolute Gasteiger partial charge is 0.394 e. The van der Waals surface area contributed by atoms with Crippen LogP contribution >= 0.6 is 0 Å². The second kappa shape index (κ2) is 4.83. The quantitative estimate of drug-likeness (QED) is 0.378. The van der Waals surface area contributed by atoms with Crippen molar-refractivity contribution in [3.8, 4) is 0 Å². The van der Waals surface area contributed by atoms with Crippen molar-refractivity contribution in [1.82, 2.24) is 10.6 Å². The summed E-state index contributed by atoms with van der Waals surface area (Å²) in [7, 11) is 1.66. The predicted molar refractivity (Wildman–Crippen MR) is 32.4 cm³/mol. The molecule has 0 aliphatic heterocycles. The molecule has 0 fully saturated rings. The molecule has 0 bridgehead atoms. The minimum absolute atomic E-state index is 0.336. The molecular formula is C5H8N2O2. The van der Waals surface area contributed by atoms with E-state index < -0.39 is 5.91 Å². The van der Waals surface area contributed by atoms with Crippen LogP contribution in [0.4, 0.5) is 0 Å². The van der Waals surface area contributed by atoms with Gasteiger partial charge in [-0.3, -0.25) is 14.9 Å². The number of carbonyl (C=O) groups excluding carboxylic acids is 2. The van der Waals surface area contributed by atoms with Crippen LogP contribution in [0.1, 0.15) is 0 Å². The van der Waals surface area contributed by atoms with Gasteiger partial charge in [-0.2, -0.15) is 0 Å². The van der Waals surface area contributed by atoms with Crippen LogP contribution < -0.4 is 10.6 Å². The van der Waals surface area contributed by atoms with Gasteiger partial charge in [0, 0.05) is 19.3 Å². The van der Waals surface area contributed by atoms with E-state index in [1.807, 2.05) is 5.32 Å². The van der Waals surface area contributed by atoms with Gasteiger partial charge in [-0.05, 0) is 0 Å². The zero-order valence-electron chi connectivity index (χ0n) is 5.05. The maximum atomic E-state index is 10.3. The first-order valence-electron chi connectivity index (χ1n) is 2.39. The molecule has 0 unspecified atom stereocenters. The number of nitrogens with one attached hydrogen (secondary N) is 2. The van der Waals surface area contributed by atoms with Crippen molar-refractivity contribution in [3.63, 3.8) is 0 Å². The summed E-state index contributed by atoms with van der Waals surface area (Å²) in [6.45, 7) is 0. The fourth-order valence-electron chi connectivity index (χ4n) is 0.265. The third-order valence-corrected chi connectivity index (χ3v) is 0.603. The average Bonchev–Trinajstić information content (AvgIpc) is 1.85. The second-order valence-electron chi connectivity index (χ2n) is 1.25. The third-order valence-electron chi connectivity index (χ3n) is 0.603. The monoisotopic (exact) mass is 128 g/mol. The Kier molecular flexibility index (Phi) is 4.12. The van der Waals surface area contributed by atoms with Gasteiger partial charge in [0.2, 0.25) is 6.41 Å². The Morgan fingerprint density at radius 2 is 2.22 bits per heavy atom. The van der Waals surface area contributed by atoms with Gasteiger partial charge in [0.25, 0.3) is 5.91 Å². The SMILES string of the molecule is CN/C=C\C(=O)NC=O. The van der Waals surface area contributed by atoms with E-state index in [1.165, 1.54) is 12.3 Å². The van der Waals surface area contributed by atoms with Crippen molar-refractivity contribution < 1.29 is 9.59 Å². The van der Waals surface area contributed by atoms with Gasteiger partial charge in [-0.15, -0.1) is 0 Å². The van der Waals surface area contributed by atoms with Crippen LogP contribution in [-0.2, 0) is 9.59 Å². The maximum absolute atomic E-state index is 10.3. The first-order chi connectivity index (χ1) is 4.31. The first-order valence-corrected chi connectivity index (χ1v) is 2.39. The van der Waals surface area contributed by atoms with Crippen LogP contribution in [0.3, 0.4) is 0 Å². The standard InChI is InChI=1S/C5H8N2O2/c1-6-3-2-5(9)7-4-8/h2-4,6H,1H3,(H,7,8,9)/b3-2-. The fraction of sp³-hybridized carbons (Fsp3) is 0.200. The molecule has 0 aromatic heterocycles. The average molecular weight is 128 g/mol. The third kappa shape index (κ3) is 4.53. The molecule has 2 N–H and O–H groups in total. The lowest BCUT2D eigenvalue weighted by atomic mass is 10.6. The predicted octanol–water partition coefficient (Wildman–Crippen LogP) is -1.01. The molecule has 2 amide bonds. The lowest BCUT2D eigenvalue weighted by Crippen LogP contribution is -2.18. The highest BCUT2D eigenvalue weighted by Crippen LogP contribution is 1.64. The fourth-order valence-corrected chi connectivity index (χ4v) is 0.265. The minimum Gasteiger partial charge on any atom is -0.394 e. The van der Waals surface area contributed by atoms with E-state index in [-0.39, 0.29) is 0 Å². The van der Waals surface area contributed by atoms with Gasteiger partial charge in [0.15, 0.2) is 0 Å². The number of imide groups is 1. The molecular weight excluding hydrogens is 120 g/mol. The summed E-state index contributed by atoms with van der Waals surface area (Å²) in [6.07, 6.45) is 2.98. The molecule has 0 rings (SSSR count). The molecule has 0 radical (unpaired) electrons. The van der Waals surface area contributed by atoms with Crippen LogP contribution in [-0.4, -0.2) is 19.4 Å². The molecule has 0 aliphatic rings. The molecule has 0 saturated heterocycles. The molecule has 0 spiro atoms. The van der Waals surface area contributed by atoms with Gasteiger partial charge in [-0.1, -0.05) is 0 Å². The highest BCUT2D eigenvalue weighted by Gasteiger charge is 1.87. The van der Waals surface area contributed by atoms with Crippen molar-refractivity contribution in [2.24, 2.45) is 0 Å². The molecule has 50 valence electrons.